The van der Waals surface area contributed by atoms with Crippen molar-refractivity contribution in [3.8, 4) is 0 Å². The predicted octanol–water partition coefficient (Wildman–Crippen LogP) is 1.83. The quantitative estimate of drug-likeness (QED) is 0.625. The van der Waals surface area contributed by atoms with E-state index in [0.29, 0.717) is 24.2 Å². The molecule has 1 fully saturated rings. The first-order valence-electron chi connectivity index (χ1n) is 6.31. The molecule has 1 aromatic rings. The second kappa shape index (κ2) is 4.97. The Kier molecular flexibility index (Phi) is 3.53. The molecule has 1 aliphatic rings. The van der Waals surface area contributed by atoms with E-state index in [1.54, 1.807) is 12.1 Å². The van der Waals surface area contributed by atoms with Gasteiger partial charge in [-0.05, 0) is 25.3 Å². The summed E-state index contributed by atoms with van der Waals surface area (Å²) in [5.74, 6) is -0.145. The molecule has 0 atom stereocenters. The first-order valence-corrected chi connectivity index (χ1v) is 6.31. The van der Waals surface area contributed by atoms with Crippen molar-refractivity contribution in [2.75, 3.05) is 11.9 Å². The summed E-state index contributed by atoms with van der Waals surface area (Å²) in [6.07, 6.45) is 2.15. The van der Waals surface area contributed by atoms with Crippen LogP contribution in [0.15, 0.2) is 18.2 Å². The highest BCUT2D eigenvalue weighted by molar-refractivity contribution is 5.97. The van der Waals surface area contributed by atoms with Crippen molar-refractivity contribution >= 4 is 17.3 Å². The van der Waals surface area contributed by atoms with Crippen LogP contribution in [-0.4, -0.2) is 17.4 Å². The zero-order valence-electron chi connectivity index (χ0n) is 10.8. The van der Waals surface area contributed by atoms with Gasteiger partial charge in [-0.1, -0.05) is 13.0 Å². The third-order valence-electron chi connectivity index (χ3n) is 3.65. The molecule has 0 spiro atoms. The maximum absolute atomic E-state index is 12.0. The van der Waals surface area contributed by atoms with Crippen LogP contribution >= 0.6 is 0 Å². The molecule has 0 unspecified atom stereocenters. The number of benzene rings is 1. The van der Waals surface area contributed by atoms with Crippen molar-refractivity contribution in [1.82, 2.24) is 0 Å². The zero-order chi connectivity index (χ0) is 14.0. The Balaban J connectivity index is 2.20. The van der Waals surface area contributed by atoms with Gasteiger partial charge in [-0.15, -0.1) is 0 Å². The zero-order valence-corrected chi connectivity index (χ0v) is 10.8. The van der Waals surface area contributed by atoms with Gasteiger partial charge in [0.2, 0.25) is 5.91 Å². The second-order valence-corrected chi connectivity index (χ2v) is 4.89. The van der Waals surface area contributed by atoms with Gasteiger partial charge in [0.05, 0.1) is 10.3 Å². The number of nitro groups is 1. The van der Waals surface area contributed by atoms with Crippen molar-refractivity contribution in [1.29, 1.82) is 0 Å². The number of amides is 1. The molecule has 0 bridgehead atoms. The molecule has 1 aromatic carbocycles. The number of nitro benzene ring substituents is 1. The van der Waals surface area contributed by atoms with Gasteiger partial charge in [0.25, 0.3) is 5.69 Å². The van der Waals surface area contributed by atoms with E-state index >= 15 is 0 Å². The molecule has 3 N–H and O–H groups in total. The molecule has 0 aliphatic heterocycles. The fourth-order valence-electron chi connectivity index (χ4n) is 2.05. The fourth-order valence-corrected chi connectivity index (χ4v) is 2.05. The van der Waals surface area contributed by atoms with E-state index in [-0.39, 0.29) is 11.6 Å². The third kappa shape index (κ3) is 2.58. The lowest BCUT2D eigenvalue weighted by atomic mass is 10.1. The number of carbonyl (C=O) groups is 1. The number of carbonyl (C=O) groups excluding carboxylic acids is 1. The van der Waals surface area contributed by atoms with Crippen LogP contribution in [0.4, 0.5) is 11.4 Å². The van der Waals surface area contributed by atoms with Gasteiger partial charge in [-0.25, -0.2) is 0 Å². The van der Waals surface area contributed by atoms with Crippen LogP contribution in [0.2, 0.25) is 0 Å². The minimum atomic E-state index is -0.460. The smallest absolute Gasteiger partial charge is 0.274 e. The SMILES string of the molecule is CCc1ccc(NC(=O)C2(CN)CC2)cc1[N+](=O)[O-]. The number of hydrogen-bond donors (Lipinski definition) is 2. The highest BCUT2D eigenvalue weighted by Crippen LogP contribution is 2.45. The normalized spacial score (nSPS) is 15.9. The fraction of sp³-hybridized carbons (Fsp3) is 0.462. The minimum absolute atomic E-state index is 0.0397. The van der Waals surface area contributed by atoms with Crippen LogP contribution in [-0.2, 0) is 11.2 Å². The lowest BCUT2D eigenvalue weighted by Gasteiger charge is -2.13. The molecular formula is C13H17N3O3. The summed E-state index contributed by atoms with van der Waals surface area (Å²) in [4.78, 5) is 22.5. The highest BCUT2D eigenvalue weighted by Gasteiger charge is 2.48. The lowest BCUT2D eigenvalue weighted by Crippen LogP contribution is -2.30. The van der Waals surface area contributed by atoms with Crippen LogP contribution < -0.4 is 11.1 Å². The number of nitrogens with two attached hydrogens (primary N) is 1. The maximum Gasteiger partial charge on any atom is 0.274 e. The van der Waals surface area contributed by atoms with Gasteiger partial charge in [0.15, 0.2) is 0 Å². The van der Waals surface area contributed by atoms with Crippen molar-refractivity contribution < 1.29 is 9.72 Å². The predicted molar refractivity (Wildman–Crippen MR) is 71.8 cm³/mol. The van der Waals surface area contributed by atoms with Gasteiger partial charge < -0.3 is 11.1 Å². The lowest BCUT2D eigenvalue weighted by molar-refractivity contribution is -0.385. The van der Waals surface area contributed by atoms with Crippen molar-refractivity contribution in [3.05, 3.63) is 33.9 Å². The Morgan fingerprint density at radius 2 is 2.21 bits per heavy atom. The molecule has 0 radical (unpaired) electrons. The molecular weight excluding hydrogens is 246 g/mol. The summed E-state index contributed by atoms with van der Waals surface area (Å²) in [5.41, 5.74) is 6.27. The van der Waals surface area contributed by atoms with Gasteiger partial charge >= 0.3 is 0 Å². The summed E-state index contributed by atoms with van der Waals surface area (Å²) >= 11 is 0. The number of anilines is 1. The third-order valence-corrected chi connectivity index (χ3v) is 3.65. The summed E-state index contributed by atoms with van der Waals surface area (Å²) in [7, 11) is 0. The average molecular weight is 263 g/mol. The van der Waals surface area contributed by atoms with Crippen LogP contribution in [0.5, 0.6) is 0 Å². The summed E-state index contributed by atoms with van der Waals surface area (Å²) < 4.78 is 0. The maximum atomic E-state index is 12.0. The van der Waals surface area contributed by atoms with Gasteiger partial charge in [0, 0.05) is 23.9 Å². The average Bonchev–Trinajstić information content (AvgIpc) is 3.19. The topological polar surface area (TPSA) is 98.3 Å². The molecule has 1 saturated carbocycles. The minimum Gasteiger partial charge on any atom is -0.329 e. The van der Waals surface area contributed by atoms with E-state index in [4.69, 9.17) is 5.73 Å². The number of rotatable bonds is 5. The molecule has 2 rings (SSSR count). The summed E-state index contributed by atoms with van der Waals surface area (Å²) in [5, 5.41) is 13.7. The molecule has 1 aliphatic carbocycles. The Hall–Kier alpha value is -1.95. The van der Waals surface area contributed by atoms with E-state index in [1.165, 1.54) is 6.07 Å². The van der Waals surface area contributed by atoms with Crippen molar-refractivity contribution in [2.24, 2.45) is 11.1 Å². The number of nitrogens with zero attached hydrogens (tertiary/aromatic N) is 1. The molecule has 0 aromatic heterocycles. The Morgan fingerprint density at radius 3 is 2.68 bits per heavy atom. The first kappa shape index (κ1) is 13.5. The largest absolute Gasteiger partial charge is 0.329 e. The van der Waals surface area contributed by atoms with E-state index in [0.717, 1.165) is 12.8 Å². The Bertz CT molecular complexity index is 524. The van der Waals surface area contributed by atoms with Gasteiger partial charge in [0.1, 0.15) is 0 Å². The van der Waals surface area contributed by atoms with Crippen LogP contribution in [0.25, 0.3) is 0 Å². The monoisotopic (exact) mass is 263 g/mol. The van der Waals surface area contributed by atoms with Crippen molar-refractivity contribution in [3.63, 3.8) is 0 Å². The Labute approximate surface area is 111 Å². The van der Waals surface area contributed by atoms with E-state index < -0.39 is 10.3 Å². The van der Waals surface area contributed by atoms with Gasteiger partial charge in [-0.2, -0.15) is 0 Å². The molecule has 0 saturated heterocycles. The van der Waals surface area contributed by atoms with Crippen LogP contribution in [0, 0.1) is 15.5 Å². The van der Waals surface area contributed by atoms with Crippen molar-refractivity contribution in [2.45, 2.75) is 26.2 Å². The second-order valence-electron chi connectivity index (χ2n) is 4.89. The van der Waals surface area contributed by atoms with E-state index in [2.05, 4.69) is 5.32 Å². The molecule has 1 amide bonds. The molecule has 0 heterocycles. The molecule has 6 nitrogen and oxygen atoms in total. The number of hydrogen-bond acceptors (Lipinski definition) is 4. The van der Waals surface area contributed by atoms with Gasteiger partial charge in [-0.3, -0.25) is 14.9 Å². The standard InChI is InChI=1S/C13H17N3O3/c1-2-9-3-4-10(7-11(9)16(18)19)15-12(17)13(8-14)5-6-13/h3-4,7H,2,5-6,8,14H2,1H3,(H,15,17). The summed E-state index contributed by atoms with van der Waals surface area (Å²) in [6.45, 7) is 2.17. The van der Waals surface area contributed by atoms with Crippen LogP contribution in [0.1, 0.15) is 25.3 Å². The van der Waals surface area contributed by atoms with E-state index in [9.17, 15) is 14.9 Å². The molecule has 6 heteroatoms. The molecule has 102 valence electrons. The summed E-state index contributed by atoms with van der Waals surface area (Å²) in [6, 6.07) is 4.77. The highest BCUT2D eigenvalue weighted by atomic mass is 16.6. The van der Waals surface area contributed by atoms with Crippen LogP contribution in [0.3, 0.4) is 0 Å². The molecule has 19 heavy (non-hydrogen) atoms. The van der Waals surface area contributed by atoms with E-state index in [1.807, 2.05) is 6.92 Å². The number of aryl methyl sites for hydroxylation is 1. The Morgan fingerprint density at radius 1 is 1.53 bits per heavy atom. The first-order chi connectivity index (χ1) is 9.02. The number of nitrogens with one attached hydrogen (secondary N) is 1.